The summed E-state index contributed by atoms with van der Waals surface area (Å²) in [5, 5.41) is 2.62. The van der Waals surface area contributed by atoms with Gasteiger partial charge >= 0.3 is 0 Å². The average molecular weight is 422 g/mol. The van der Waals surface area contributed by atoms with Gasteiger partial charge in [-0.15, -0.1) is 0 Å². The molecule has 1 aliphatic heterocycles. The smallest absolute Gasteiger partial charge is 0.255 e. The summed E-state index contributed by atoms with van der Waals surface area (Å²) >= 11 is 0. The molecule has 0 aromatic heterocycles. The van der Waals surface area contributed by atoms with E-state index in [1.54, 1.807) is 24.3 Å². The fraction of sp³-hybridized carbons (Fsp3) is 0.350. The number of amides is 1. The molecule has 2 aromatic rings. The Balaban J connectivity index is 1.80. The number of carbonyl (C=O) groups excluding carboxylic acids is 1. The molecular formula is C20H23FN2O5S. The van der Waals surface area contributed by atoms with Crippen LogP contribution in [0.1, 0.15) is 23.7 Å². The summed E-state index contributed by atoms with van der Waals surface area (Å²) in [7, 11) is -4.03. The van der Waals surface area contributed by atoms with E-state index < -0.39 is 26.6 Å². The van der Waals surface area contributed by atoms with Crippen LogP contribution >= 0.6 is 0 Å². The summed E-state index contributed by atoms with van der Waals surface area (Å²) in [5.41, 5.74) is 0.531. The van der Waals surface area contributed by atoms with Gasteiger partial charge in [-0.05, 0) is 42.8 Å². The van der Waals surface area contributed by atoms with E-state index >= 15 is 0 Å². The lowest BCUT2D eigenvalue weighted by Gasteiger charge is -2.26. The molecule has 29 heavy (non-hydrogen) atoms. The third kappa shape index (κ3) is 5.11. The molecule has 2 aromatic carbocycles. The number of anilines is 1. The first kappa shape index (κ1) is 21.2. The number of hydrogen-bond acceptors (Lipinski definition) is 5. The highest BCUT2D eigenvalue weighted by atomic mass is 32.2. The van der Waals surface area contributed by atoms with Crippen LogP contribution in [0.25, 0.3) is 0 Å². The van der Waals surface area contributed by atoms with Crippen LogP contribution in [-0.4, -0.2) is 51.5 Å². The second-order valence-electron chi connectivity index (χ2n) is 6.49. The van der Waals surface area contributed by atoms with Crippen LogP contribution in [0.15, 0.2) is 47.4 Å². The maximum Gasteiger partial charge on any atom is 0.255 e. The molecule has 1 N–H and O–H groups in total. The van der Waals surface area contributed by atoms with Gasteiger partial charge in [-0.25, -0.2) is 12.8 Å². The fourth-order valence-corrected chi connectivity index (χ4v) is 4.35. The molecule has 0 atom stereocenters. The molecule has 1 amide bonds. The van der Waals surface area contributed by atoms with Gasteiger partial charge in [-0.3, -0.25) is 4.79 Å². The molecular weight excluding hydrogens is 399 g/mol. The van der Waals surface area contributed by atoms with Gasteiger partial charge in [0.2, 0.25) is 10.0 Å². The second kappa shape index (κ2) is 9.34. The molecule has 0 aliphatic carbocycles. The Morgan fingerprint density at radius 2 is 1.97 bits per heavy atom. The van der Waals surface area contributed by atoms with Crippen LogP contribution in [0, 0.1) is 5.82 Å². The third-order valence-corrected chi connectivity index (χ3v) is 6.26. The molecule has 0 unspecified atom stereocenters. The lowest BCUT2D eigenvalue weighted by molar-refractivity contribution is 0.0729. The summed E-state index contributed by atoms with van der Waals surface area (Å²) in [6.45, 7) is 3.34. The number of rotatable bonds is 7. The minimum absolute atomic E-state index is 0.156. The number of nitrogens with one attached hydrogen (secondary N) is 1. The van der Waals surface area contributed by atoms with Crippen LogP contribution in [0.2, 0.25) is 0 Å². The van der Waals surface area contributed by atoms with Crippen molar-refractivity contribution >= 4 is 21.6 Å². The monoisotopic (exact) mass is 422 g/mol. The molecule has 1 fully saturated rings. The largest absolute Gasteiger partial charge is 0.494 e. The first-order valence-electron chi connectivity index (χ1n) is 9.33. The van der Waals surface area contributed by atoms with Crippen LogP contribution in [0.3, 0.4) is 0 Å². The van der Waals surface area contributed by atoms with Crippen molar-refractivity contribution < 1.29 is 27.1 Å². The van der Waals surface area contributed by atoms with Gasteiger partial charge in [-0.1, -0.05) is 13.0 Å². The van der Waals surface area contributed by atoms with Gasteiger partial charge in [0.25, 0.3) is 5.91 Å². The number of sulfonamides is 1. The van der Waals surface area contributed by atoms with Crippen molar-refractivity contribution in [3.8, 4) is 5.75 Å². The fourth-order valence-electron chi connectivity index (χ4n) is 2.86. The summed E-state index contributed by atoms with van der Waals surface area (Å²) in [6.07, 6.45) is 0.840. The van der Waals surface area contributed by atoms with E-state index in [1.807, 2.05) is 6.92 Å². The Labute approximate surface area is 169 Å². The number of carbonyl (C=O) groups is 1. The van der Waals surface area contributed by atoms with E-state index in [0.29, 0.717) is 17.9 Å². The van der Waals surface area contributed by atoms with Crippen molar-refractivity contribution in [1.82, 2.24) is 4.31 Å². The minimum atomic E-state index is -4.03. The predicted molar refractivity (Wildman–Crippen MR) is 106 cm³/mol. The highest BCUT2D eigenvalue weighted by Crippen LogP contribution is 2.24. The maximum atomic E-state index is 14.3. The van der Waals surface area contributed by atoms with Crippen molar-refractivity contribution in [3.63, 3.8) is 0 Å². The van der Waals surface area contributed by atoms with Gasteiger partial charge < -0.3 is 14.8 Å². The number of halogens is 1. The number of ether oxygens (including phenoxy) is 2. The lowest BCUT2D eigenvalue weighted by atomic mass is 10.2. The van der Waals surface area contributed by atoms with E-state index in [9.17, 15) is 17.6 Å². The number of benzene rings is 2. The van der Waals surface area contributed by atoms with E-state index in [1.165, 1.54) is 10.4 Å². The molecule has 7 nitrogen and oxygen atoms in total. The first-order valence-corrected chi connectivity index (χ1v) is 10.8. The van der Waals surface area contributed by atoms with Crippen LogP contribution in [-0.2, 0) is 14.8 Å². The predicted octanol–water partition coefficient (Wildman–Crippen LogP) is 2.89. The van der Waals surface area contributed by atoms with Gasteiger partial charge in [0, 0.05) is 24.3 Å². The second-order valence-corrected chi connectivity index (χ2v) is 8.40. The molecule has 3 rings (SSSR count). The molecule has 0 radical (unpaired) electrons. The third-order valence-electron chi connectivity index (χ3n) is 4.35. The number of nitrogens with zero attached hydrogens (tertiary/aromatic N) is 1. The Hall–Kier alpha value is -2.49. The van der Waals surface area contributed by atoms with Crippen LogP contribution < -0.4 is 10.1 Å². The first-order chi connectivity index (χ1) is 13.9. The lowest BCUT2D eigenvalue weighted by Crippen LogP contribution is -2.40. The SMILES string of the molecule is CCCOc1cccc(C(=O)Nc2ccc(F)c(S(=O)(=O)N3CCOCC3)c2)c1. The van der Waals surface area contributed by atoms with Crippen molar-refractivity contribution in [2.75, 3.05) is 38.2 Å². The zero-order valence-corrected chi connectivity index (χ0v) is 16.9. The van der Waals surface area contributed by atoms with E-state index in [4.69, 9.17) is 9.47 Å². The van der Waals surface area contributed by atoms with Crippen molar-refractivity contribution in [2.24, 2.45) is 0 Å². The van der Waals surface area contributed by atoms with E-state index in [0.717, 1.165) is 18.6 Å². The number of hydrogen-bond donors (Lipinski definition) is 1. The quantitative estimate of drug-likeness (QED) is 0.742. The average Bonchev–Trinajstić information content (AvgIpc) is 2.74. The Morgan fingerprint density at radius 3 is 2.69 bits per heavy atom. The van der Waals surface area contributed by atoms with Gasteiger partial charge in [0.1, 0.15) is 16.5 Å². The van der Waals surface area contributed by atoms with Crippen LogP contribution in [0.5, 0.6) is 5.75 Å². The summed E-state index contributed by atoms with van der Waals surface area (Å²) in [4.78, 5) is 12.1. The molecule has 0 saturated carbocycles. The molecule has 0 bridgehead atoms. The highest BCUT2D eigenvalue weighted by molar-refractivity contribution is 7.89. The Kier molecular flexibility index (Phi) is 6.83. The topological polar surface area (TPSA) is 84.9 Å². The van der Waals surface area contributed by atoms with Gasteiger partial charge in [-0.2, -0.15) is 4.31 Å². The number of morpholine rings is 1. The van der Waals surface area contributed by atoms with Gasteiger partial charge in [0.05, 0.1) is 19.8 Å². The van der Waals surface area contributed by atoms with Crippen molar-refractivity contribution in [3.05, 3.63) is 53.8 Å². The molecule has 9 heteroatoms. The molecule has 1 aliphatic rings. The maximum absolute atomic E-state index is 14.3. The highest BCUT2D eigenvalue weighted by Gasteiger charge is 2.29. The van der Waals surface area contributed by atoms with Gasteiger partial charge in [0.15, 0.2) is 0 Å². The summed E-state index contributed by atoms with van der Waals surface area (Å²) in [6, 6.07) is 10.1. The zero-order chi connectivity index (χ0) is 20.9. The summed E-state index contributed by atoms with van der Waals surface area (Å²) in [5.74, 6) is -0.757. The van der Waals surface area contributed by atoms with Crippen LogP contribution in [0.4, 0.5) is 10.1 Å². The Morgan fingerprint density at radius 1 is 1.21 bits per heavy atom. The van der Waals surface area contributed by atoms with E-state index in [2.05, 4.69) is 5.32 Å². The molecule has 156 valence electrons. The van der Waals surface area contributed by atoms with E-state index in [-0.39, 0.29) is 32.0 Å². The normalized spacial score (nSPS) is 15.1. The van der Waals surface area contributed by atoms with Crippen molar-refractivity contribution in [1.29, 1.82) is 0 Å². The van der Waals surface area contributed by atoms with Crippen molar-refractivity contribution in [2.45, 2.75) is 18.2 Å². The molecule has 1 heterocycles. The Bertz CT molecular complexity index is 975. The molecule has 0 spiro atoms. The zero-order valence-electron chi connectivity index (χ0n) is 16.1. The standard InChI is InChI=1S/C20H23FN2O5S/c1-2-10-28-17-5-3-4-15(13-17)20(24)22-16-6-7-18(21)19(14-16)29(25,26)23-8-11-27-12-9-23/h3-7,13-14H,2,8-12H2,1H3,(H,22,24). The molecule has 1 saturated heterocycles. The minimum Gasteiger partial charge on any atom is -0.494 e. The summed E-state index contributed by atoms with van der Waals surface area (Å²) < 4.78 is 51.7.